The third-order valence-electron chi connectivity index (χ3n) is 5.25. The van der Waals surface area contributed by atoms with Crippen LogP contribution in [0, 0.1) is 0 Å². The Labute approximate surface area is 156 Å². The fraction of sp³-hybridized carbons (Fsp3) is 0.409. The normalized spacial score (nSPS) is 18.4. The Kier molecular flexibility index (Phi) is 6.29. The minimum absolute atomic E-state index is 0.176. The standard InChI is InChI=1S/C22H28N2O2/c1-17(19-7-3-2-4-8-19)21-9-5-6-16-24(21)22(25)26-20-12-10-18(11-13-20)14-15-23/h2-4,7-8,10-13,17,21H,5-6,9,14-16,23H2,1H3. The molecule has 0 spiro atoms. The van der Waals surface area contributed by atoms with Crippen molar-refractivity contribution in [2.24, 2.45) is 5.73 Å². The number of carbonyl (C=O) groups is 1. The van der Waals surface area contributed by atoms with Crippen molar-refractivity contribution in [3.8, 4) is 5.75 Å². The predicted molar refractivity (Wildman–Crippen MR) is 104 cm³/mol. The Bertz CT molecular complexity index is 700. The van der Waals surface area contributed by atoms with E-state index in [1.165, 1.54) is 5.56 Å². The summed E-state index contributed by atoms with van der Waals surface area (Å²) < 4.78 is 5.66. The molecular formula is C22H28N2O2. The summed E-state index contributed by atoms with van der Waals surface area (Å²) in [6, 6.07) is 18.2. The summed E-state index contributed by atoms with van der Waals surface area (Å²) in [5.74, 6) is 0.878. The minimum Gasteiger partial charge on any atom is -0.410 e. The van der Waals surface area contributed by atoms with Crippen LogP contribution in [0.25, 0.3) is 0 Å². The number of likely N-dealkylation sites (tertiary alicyclic amines) is 1. The lowest BCUT2D eigenvalue weighted by atomic mass is 9.87. The average Bonchev–Trinajstić information content (AvgIpc) is 2.70. The maximum Gasteiger partial charge on any atom is 0.415 e. The van der Waals surface area contributed by atoms with Gasteiger partial charge >= 0.3 is 6.09 Å². The molecule has 4 heteroatoms. The molecule has 4 nitrogen and oxygen atoms in total. The molecule has 0 aliphatic carbocycles. The van der Waals surface area contributed by atoms with Gasteiger partial charge < -0.3 is 15.4 Å². The van der Waals surface area contributed by atoms with Crippen LogP contribution in [0.15, 0.2) is 54.6 Å². The monoisotopic (exact) mass is 352 g/mol. The van der Waals surface area contributed by atoms with Gasteiger partial charge in [0.2, 0.25) is 0 Å². The number of nitrogens with two attached hydrogens (primary N) is 1. The number of hydrogen-bond donors (Lipinski definition) is 1. The van der Waals surface area contributed by atoms with Crippen LogP contribution in [0.2, 0.25) is 0 Å². The summed E-state index contributed by atoms with van der Waals surface area (Å²) in [5.41, 5.74) is 8.00. The van der Waals surface area contributed by atoms with Crippen molar-refractivity contribution in [3.05, 3.63) is 65.7 Å². The van der Waals surface area contributed by atoms with E-state index in [0.717, 1.165) is 37.8 Å². The SMILES string of the molecule is CC(c1ccccc1)C1CCCCN1C(=O)Oc1ccc(CCN)cc1. The van der Waals surface area contributed by atoms with E-state index in [2.05, 4.69) is 31.2 Å². The van der Waals surface area contributed by atoms with E-state index >= 15 is 0 Å². The van der Waals surface area contributed by atoms with Gasteiger partial charge in [0.1, 0.15) is 5.75 Å². The zero-order valence-corrected chi connectivity index (χ0v) is 15.4. The van der Waals surface area contributed by atoms with Gasteiger partial charge in [-0.2, -0.15) is 0 Å². The molecule has 2 unspecified atom stereocenters. The highest BCUT2D eigenvalue weighted by molar-refractivity contribution is 5.71. The van der Waals surface area contributed by atoms with Crippen LogP contribution in [-0.4, -0.2) is 30.1 Å². The molecule has 138 valence electrons. The number of benzene rings is 2. The molecule has 1 amide bonds. The highest BCUT2D eigenvalue weighted by Gasteiger charge is 2.32. The van der Waals surface area contributed by atoms with Gasteiger partial charge in [0.15, 0.2) is 0 Å². The molecule has 1 heterocycles. The maximum absolute atomic E-state index is 12.8. The van der Waals surface area contributed by atoms with Gasteiger partial charge in [0, 0.05) is 18.5 Å². The van der Waals surface area contributed by atoms with E-state index in [9.17, 15) is 4.79 Å². The first-order chi connectivity index (χ1) is 12.7. The number of nitrogens with zero attached hydrogens (tertiary/aromatic N) is 1. The zero-order chi connectivity index (χ0) is 18.4. The number of rotatable bonds is 5. The fourth-order valence-corrected chi connectivity index (χ4v) is 3.73. The smallest absolute Gasteiger partial charge is 0.410 e. The number of amides is 1. The van der Waals surface area contributed by atoms with Crippen molar-refractivity contribution < 1.29 is 9.53 Å². The Morgan fingerprint density at radius 2 is 1.88 bits per heavy atom. The minimum atomic E-state index is -0.246. The highest BCUT2D eigenvalue weighted by atomic mass is 16.6. The second-order valence-corrected chi connectivity index (χ2v) is 7.01. The number of ether oxygens (including phenoxy) is 1. The van der Waals surface area contributed by atoms with Crippen molar-refractivity contribution in [1.82, 2.24) is 4.90 Å². The molecular weight excluding hydrogens is 324 g/mol. The molecule has 26 heavy (non-hydrogen) atoms. The lowest BCUT2D eigenvalue weighted by molar-refractivity contribution is 0.104. The summed E-state index contributed by atoms with van der Waals surface area (Å²) in [7, 11) is 0. The fourth-order valence-electron chi connectivity index (χ4n) is 3.73. The van der Waals surface area contributed by atoms with Crippen molar-refractivity contribution in [3.63, 3.8) is 0 Å². The van der Waals surface area contributed by atoms with Gasteiger partial charge in [0.25, 0.3) is 0 Å². The van der Waals surface area contributed by atoms with Crippen LogP contribution >= 0.6 is 0 Å². The molecule has 2 atom stereocenters. The third-order valence-corrected chi connectivity index (χ3v) is 5.25. The average molecular weight is 352 g/mol. The molecule has 0 saturated carbocycles. The molecule has 1 aliphatic rings. The maximum atomic E-state index is 12.8. The first-order valence-corrected chi connectivity index (χ1v) is 9.51. The third kappa shape index (κ3) is 4.44. The quantitative estimate of drug-likeness (QED) is 0.870. The van der Waals surface area contributed by atoms with Crippen molar-refractivity contribution in [2.45, 2.75) is 44.6 Å². The van der Waals surface area contributed by atoms with Crippen molar-refractivity contribution in [2.75, 3.05) is 13.1 Å². The topological polar surface area (TPSA) is 55.6 Å². The molecule has 0 bridgehead atoms. The van der Waals surface area contributed by atoms with Gasteiger partial charge in [-0.15, -0.1) is 0 Å². The van der Waals surface area contributed by atoms with Gasteiger partial charge in [-0.1, -0.05) is 49.4 Å². The Hall–Kier alpha value is -2.33. The van der Waals surface area contributed by atoms with E-state index in [4.69, 9.17) is 10.5 Å². The second kappa shape index (κ2) is 8.86. The highest BCUT2D eigenvalue weighted by Crippen LogP contribution is 2.31. The first-order valence-electron chi connectivity index (χ1n) is 9.51. The van der Waals surface area contributed by atoms with Crippen LogP contribution in [0.3, 0.4) is 0 Å². The molecule has 2 N–H and O–H groups in total. The largest absolute Gasteiger partial charge is 0.415 e. The molecule has 0 radical (unpaired) electrons. The van der Waals surface area contributed by atoms with Gasteiger partial charge in [-0.3, -0.25) is 0 Å². The lowest BCUT2D eigenvalue weighted by Gasteiger charge is -2.38. The number of piperidine rings is 1. The Morgan fingerprint density at radius 1 is 1.15 bits per heavy atom. The van der Waals surface area contributed by atoms with Gasteiger partial charge in [0.05, 0.1) is 0 Å². The van der Waals surface area contributed by atoms with E-state index in [1.54, 1.807) is 0 Å². The zero-order valence-electron chi connectivity index (χ0n) is 15.4. The summed E-state index contributed by atoms with van der Waals surface area (Å²) in [6.45, 7) is 3.57. The van der Waals surface area contributed by atoms with Crippen LogP contribution in [0.4, 0.5) is 4.79 Å². The summed E-state index contributed by atoms with van der Waals surface area (Å²) in [5, 5.41) is 0. The summed E-state index contributed by atoms with van der Waals surface area (Å²) >= 11 is 0. The van der Waals surface area contributed by atoms with Crippen LogP contribution in [-0.2, 0) is 6.42 Å². The molecule has 0 aromatic heterocycles. The van der Waals surface area contributed by atoms with Crippen LogP contribution < -0.4 is 10.5 Å². The van der Waals surface area contributed by atoms with Crippen molar-refractivity contribution >= 4 is 6.09 Å². The van der Waals surface area contributed by atoms with E-state index in [-0.39, 0.29) is 18.1 Å². The molecule has 1 fully saturated rings. The Balaban J connectivity index is 1.69. The van der Waals surface area contributed by atoms with Gasteiger partial charge in [-0.25, -0.2) is 4.79 Å². The van der Waals surface area contributed by atoms with Gasteiger partial charge in [-0.05, 0) is 55.5 Å². The van der Waals surface area contributed by atoms with Crippen LogP contribution in [0.1, 0.15) is 43.2 Å². The number of carbonyl (C=O) groups excluding carboxylic acids is 1. The molecule has 2 aromatic rings. The number of hydrogen-bond acceptors (Lipinski definition) is 3. The first kappa shape index (κ1) is 18.5. The van der Waals surface area contributed by atoms with E-state index < -0.39 is 0 Å². The summed E-state index contributed by atoms with van der Waals surface area (Å²) in [4.78, 5) is 14.7. The Morgan fingerprint density at radius 3 is 2.58 bits per heavy atom. The molecule has 1 aliphatic heterocycles. The predicted octanol–water partition coefficient (Wildman–Crippen LogP) is 4.34. The van der Waals surface area contributed by atoms with E-state index in [1.807, 2.05) is 35.2 Å². The van der Waals surface area contributed by atoms with Crippen LogP contribution in [0.5, 0.6) is 5.75 Å². The second-order valence-electron chi connectivity index (χ2n) is 7.01. The molecule has 1 saturated heterocycles. The van der Waals surface area contributed by atoms with Crippen molar-refractivity contribution in [1.29, 1.82) is 0 Å². The molecule has 2 aromatic carbocycles. The summed E-state index contributed by atoms with van der Waals surface area (Å²) in [6.07, 6.45) is 3.78. The molecule has 3 rings (SSSR count). The lowest BCUT2D eigenvalue weighted by Crippen LogP contribution is -2.47. The van der Waals surface area contributed by atoms with E-state index in [0.29, 0.717) is 12.3 Å².